The first-order valence-corrected chi connectivity index (χ1v) is 10.5. The van der Waals surface area contributed by atoms with Crippen LogP contribution in [0.1, 0.15) is 43.9 Å². The maximum absolute atomic E-state index is 13.4. The molecule has 158 valence electrons. The SMILES string of the molecule is COc1ccc([C@H]2C3=C(CN(C(C)=O)C3=O)Nc3cccc4c3c2cn4C(C)C)cc1. The number of rotatable bonds is 3. The molecule has 0 unspecified atom stereocenters. The summed E-state index contributed by atoms with van der Waals surface area (Å²) in [5.74, 6) is 0.00937. The van der Waals surface area contributed by atoms with Gasteiger partial charge in [-0.1, -0.05) is 18.2 Å². The van der Waals surface area contributed by atoms with E-state index >= 15 is 0 Å². The molecule has 0 spiro atoms. The summed E-state index contributed by atoms with van der Waals surface area (Å²) in [7, 11) is 1.64. The molecule has 6 nitrogen and oxygen atoms in total. The molecule has 0 radical (unpaired) electrons. The van der Waals surface area contributed by atoms with Gasteiger partial charge in [-0.3, -0.25) is 14.5 Å². The van der Waals surface area contributed by atoms with Gasteiger partial charge in [-0.15, -0.1) is 0 Å². The third-order valence-corrected chi connectivity index (χ3v) is 6.28. The first-order valence-electron chi connectivity index (χ1n) is 10.5. The molecule has 1 N–H and O–H groups in total. The summed E-state index contributed by atoms with van der Waals surface area (Å²) in [6, 6.07) is 14.3. The largest absolute Gasteiger partial charge is 0.497 e. The first kappa shape index (κ1) is 19.4. The molecule has 1 aromatic heterocycles. The van der Waals surface area contributed by atoms with Gasteiger partial charge in [-0.25, -0.2) is 0 Å². The smallest absolute Gasteiger partial charge is 0.259 e. The maximum Gasteiger partial charge on any atom is 0.259 e. The highest BCUT2D eigenvalue weighted by Crippen LogP contribution is 2.47. The van der Waals surface area contributed by atoms with E-state index in [1.54, 1.807) is 7.11 Å². The molecular formula is C25H25N3O3. The van der Waals surface area contributed by atoms with Crippen LogP contribution in [-0.2, 0) is 9.59 Å². The summed E-state index contributed by atoms with van der Waals surface area (Å²) in [6.45, 7) is 6.01. The van der Waals surface area contributed by atoms with Gasteiger partial charge in [-0.05, 0) is 49.2 Å². The highest BCUT2D eigenvalue weighted by atomic mass is 16.5. The van der Waals surface area contributed by atoms with E-state index in [2.05, 4.69) is 36.0 Å². The van der Waals surface area contributed by atoms with Crippen LogP contribution in [0.5, 0.6) is 5.75 Å². The number of nitrogens with one attached hydrogen (secondary N) is 1. The van der Waals surface area contributed by atoms with E-state index in [1.165, 1.54) is 11.8 Å². The minimum absolute atomic E-state index is 0.228. The lowest BCUT2D eigenvalue weighted by molar-refractivity contribution is -0.139. The van der Waals surface area contributed by atoms with Crippen LogP contribution in [0.3, 0.4) is 0 Å². The van der Waals surface area contributed by atoms with E-state index in [0.29, 0.717) is 5.57 Å². The number of amides is 2. The molecule has 1 atom stereocenters. The highest BCUT2D eigenvalue weighted by molar-refractivity contribution is 6.11. The van der Waals surface area contributed by atoms with Gasteiger partial charge in [0.05, 0.1) is 24.7 Å². The molecular weight excluding hydrogens is 390 g/mol. The van der Waals surface area contributed by atoms with Gasteiger partial charge in [0.2, 0.25) is 5.91 Å². The van der Waals surface area contributed by atoms with Crippen molar-refractivity contribution in [2.75, 3.05) is 19.0 Å². The Morgan fingerprint density at radius 3 is 2.55 bits per heavy atom. The zero-order chi connectivity index (χ0) is 21.9. The minimum Gasteiger partial charge on any atom is -0.497 e. The fourth-order valence-electron chi connectivity index (χ4n) is 4.80. The van der Waals surface area contributed by atoms with Crippen molar-refractivity contribution in [2.45, 2.75) is 32.7 Å². The van der Waals surface area contributed by atoms with Gasteiger partial charge in [0.1, 0.15) is 5.75 Å². The van der Waals surface area contributed by atoms with Gasteiger partial charge >= 0.3 is 0 Å². The lowest BCUT2D eigenvalue weighted by Gasteiger charge is -2.19. The number of hydrogen-bond acceptors (Lipinski definition) is 4. The molecule has 2 aliphatic rings. The third-order valence-electron chi connectivity index (χ3n) is 6.28. The first-order chi connectivity index (χ1) is 14.9. The van der Waals surface area contributed by atoms with Crippen LogP contribution >= 0.6 is 0 Å². The lowest BCUT2D eigenvalue weighted by atomic mass is 9.84. The maximum atomic E-state index is 13.4. The molecule has 5 rings (SSSR count). The highest BCUT2D eigenvalue weighted by Gasteiger charge is 2.41. The van der Waals surface area contributed by atoms with Crippen LogP contribution in [0.2, 0.25) is 0 Å². The monoisotopic (exact) mass is 415 g/mol. The van der Waals surface area contributed by atoms with Crippen molar-refractivity contribution in [2.24, 2.45) is 0 Å². The van der Waals surface area contributed by atoms with Crippen LogP contribution in [0, 0.1) is 0 Å². The van der Waals surface area contributed by atoms with E-state index in [0.717, 1.165) is 39.2 Å². The van der Waals surface area contributed by atoms with E-state index in [-0.39, 0.29) is 30.3 Å². The van der Waals surface area contributed by atoms with Crippen molar-refractivity contribution < 1.29 is 14.3 Å². The third kappa shape index (κ3) is 2.86. The van der Waals surface area contributed by atoms with Crippen LogP contribution < -0.4 is 10.1 Å². The summed E-state index contributed by atoms with van der Waals surface area (Å²) in [4.78, 5) is 26.9. The second kappa shape index (κ2) is 7.01. The van der Waals surface area contributed by atoms with Crippen molar-refractivity contribution in [3.63, 3.8) is 0 Å². The van der Waals surface area contributed by atoms with Crippen molar-refractivity contribution in [1.29, 1.82) is 0 Å². The number of imide groups is 1. The topological polar surface area (TPSA) is 63.6 Å². The molecule has 2 aromatic carbocycles. The number of benzene rings is 2. The predicted octanol–water partition coefficient (Wildman–Crippen LogP) is 4.43. The molecule has 0 bridgehead atoms. The molecule has 0 fully saturated rings. The number of ether oxygens (including phenoxy) is 1. The van der Waals surface area contributed by atoms with Crippen molar-refractivity contribution in [1.82, 2.24) is 9.47 Å². The van der Waals surface area contributed by atoms with Crippen molar-refractivity contribution >= 4 is 28.4 Å². The Labute approximate surface area is 181 Å². The Balaban J connectivity index is 1.80. The number of aromatic nitrogens is 1. The molecule has 6 heteroatoms. The van der Waals surface area contributed by atoms with Gasteiger partial charge in [0, 0.05) is 41.9 Å². The number of anilines is 1. The fourth-order valence-corrected chi connectivity index (χ4v) is 4.80. The predicted molar refractivity (Wildman–Crippen MR) is 120 cm³/mol. The fraction of sp³-hybridized carbons (Fsp3) is 0.280. The summed E-state index contributed by atoms with van der Waals surface area (Å²) < 4.78 is 7.59. The standard InChI is InChI=1S/C25H25N3O3/c1-14(2)27-12-18-22(16-8-10-17(31-4)11-9-16)24-20(13-28(15(3)29)25(24)30)26-19-6-5-7-21(27)23(18)19/h5-12,14,22,26H,13H2,1-4H3/t22-/m1/s1. The number of nitrogens with zero attached hydrogens (tertiary/aromatic N) is 2. The second-order valence-corrected chi connectivity index (χ2v) is 8.42. The van der Waals surface area contributed by atoms with Crippen LogP contribution in [-0.4, -0.2) is 34.9 Å². The zero-order valence-corrected chi connectivity index (χ0v) is 18.1. The summed E-state index contributed by atoms with van der Waals surface area (Å²) >= 11 is 0. The molecule has 3 heterocycles. The normalized spacial score (nSPS) is 17.8. The average Bonchev–Trinajstić information content (AvgIpc) is 3.25. The molecule has 2 aliphatic heterocycles. The summed E-state index contributed by atoms with van der Waals surface area (Å²) in [5.41, 5.74) is 5.59. The Bertz CT molecular complexity index is 1250. The van der Waals surface area contributed by atoms with Crippen molar-refractivity contribution in [3.05, 3.63) is 71.1 Å². The average molecular weight is 415 g/mol. The van der Waals surface area contributed by atoms with Gasteiger partial charge < -0.3 is 14.6 Å². The lowest BCUT2D eigenvalue weighted by Crippen LogP contribution is -2.33. The minimum atomic E-state index is -0.281. The summed E-state index contributed by atoms with van der Waals surface area (Å²) in [6.07, 6.45) is 2.16. The second-order valence-electron chi connectivity index (χ2n) is 8.42. The molecule has 0 saturated heterocycles. The van der Waals surface area contributed by atoms with Gasteiger partial charge in [-0.2, -0.15) is 0 Å². The molecule has 2 amide bonds. The number of hydrogen-bond donors (Lipinski definition) is 1. The molecule has 3 aromatic rings. The van der Waals surface area contributed by atoms with Gasteiger partial charge in [0.15, 0.2) is 0 Å². The van der Waals surface area contributed by atoms with Crippen molar-refractivity contribution in [3.8, 4) is 5.75 Å². The number of methoxy groups -OCH3 is 1. The van der Waals surface area contributed by atoms with E-state index in [1.807, 2.05) is 36.4 Å². The Hall–Kier alpha value is -3.54. The van der Waals surface area contributed by atoms with Crippen LogP contribution in [0.25, 0.3) is 10.9 Å². The Morgan fingerprint density at radius 1 is 1.16 bits per heavy atom. The summed E-state index contributed by atoms with van der Waals surface area (Å²) in [5, 5.41) is 4.62. The molecule has 0 aliphatic carbocycles. The van der Waals surface area contributed by atoms with Crippen LogP contribution in [0.4, 0.5) is 5.69 Å². The number of carbonyl (C=O) groups excluding carboxylic acids is 2. The molecule has 0 saturated carbocycles. The van der Waals surface area contributed by atoms with Crippen LogP contribution in [0.15, 0.2) is 59.9 Å². The van der Waals surface area contributed by atoms with Gasteiger partial charge in [0.25, 0.3) is 5.91 Å². The van der Waals surface area contributed by atoms with E-state index < -0.39 is 0 Å². The Kier molecular flexibility index (Phi) is 4.39. The van der Waals surface area contributed by atoms with E-state index in [9.17, 15) is 9.59 Å². The quantitative estimate of drug-likeness (QED) is 0.687. The Morgan fingerprint density at radius 2 is 1.90 bits per heavy atom. The van der Waals surface area contributed by atoms with E-state index in [4.69, 9.17) is 4.74 Å². The number of carbonyl (C=O) groups is 2. The zero-order valence-electron chi connectivity index (χ0n) is 18.1. The molecule has 31 heavy (non-hydrogen) atoms.